The minimum Gasteiger partial charge on any atom is -0.296 e. The standard InChI is InChI=1S/C14H21N/c1-12(2)11-15-10-6-9-14(15)13-7-4-3-5-8-13/h3-5,7-8,12,14H,6,9-11H2,1-2H3. The van der Waals surface area contributed by atoms with E-state index in [4.69, 9.17) is 0 Å². The number of benzene rings is 1. The van der Waals surface area contributed by atoms with Gasteiger partial charge in [-0.05, 0) is 30.9 Å². The van der Waals surface area contributed by atoms with Crippen LogP contribution in [0, 0.1) is 5.92 Å². The molecule has 1 unspecified atom stereocenters. The van der Waals surface area contributed by atoms with Crippen LogP contribution in [0.15, 0.2) is 30.3 Å². The molecule has 1 atom stereocenters. The summed E-state index contributed by atoms with van der Waals surface area (Å²) in [5, 5.41) is 0. The molecule has 0 bridgehead atoms. The van der Waals surface area contributed by atoms with E-state index in [1.807, 2.05) is 0 Å². The molecule has 1 aromatic carbocycles. The summed E-state index contributed by atoms with van der Waals surface area (Å²) in [6, 6.07) is 11.6. The van der Waals surface area contributed by atoms with E-state index in [-0.39, 0.29) is 0 Å². The van der Waals surface area contributed by atoms with Crippen molar-refractivity contribution in [1.82, 2.24) is 4.90 Å². The first kappa shape index (κ1) is 10.7. The highest BCUT2D eigenvalue weighted by Gasteiger charge is 2.25. The smallest absolute Gasteiger partial charge is 0.0348 e. The number of hydrogen-bond donors (Lipinski definition) is 0. The summed E-state index contributed by atoms with van der Waals surface area (Å²) in [5.41, 5.74) is 1.50. The molecule has 0 N–H and O–H groups in total. The number of hydrogen-bond acceptors (Lipinski definition) is 1. The highest BCUT2D eigenvalue weighted by molar-refractivity contribution is 5.19. The van der Waals surface area contributed by atoms with Crippen molar-refractivity contribution in [2.24, 2.45) is 5.92 Å². The van der Waals surface area contributed by atoms with Crippen molar-refractivity contribution in [3.05, 3.63) is 35.9 Å². The third-order valence-corrected chi connectivity index (χ3v) is 3.15. The number of nitrogens with zero attached hydrogens (tertiary/aromatic N) is 1. The highest BCUT2D eigenvalue weighted by Crippen LogP contribution is 2.31. The second-order valence-electron chi connectivity index (χ2n) is 4.96. The minimum atomic E-state index is 0.675. The van der Waals surface area contributed by atoms with Crippen molar-refractivity contribution in [2.45, 2.75) is 32.7 Å². The van der Waals surface area contributed by atoms with Crippen LogP contribution in [0.2, 0.25) is 0 Å². The molecule has 15 heavy (non-hydrogen) atoms. The van der Waals surface area contributed by atoms with Crippen LogP contribution in [0.3, 0.4) is 0 Å². The van der Waals surface area contributed by atoms with E-state index >= 15 is 0 Å². The van der Waals surface area contributed by atoms with Crippen molar-refractivity contribution in [1.29, 1.82) is 0 Å². The van der Waals surface area contributed by atoms with Crippen LogP contribution in [0.25, 0.3) is 0 Å². The number of likely N-dealkylation sites (tertiary alicyclic amines) is 1. The van der Waals surface area contributed by atoms with Crippen LogP contribution in [-0.2, 0) is 0 Å². The lowest BCUT2D eigenvalue weighted by Gasteiger charge is -2.26. The van der Waals surface area contributed by atoms with Crippen molar-refractivity contribution in [2.75, 3.05) is 13.1 Å². The van der Waals surface area contributed by atoms with E-state index in [9.17, 15) is 0 Å². The van der Waals surface area contributed by atoms with Gasteiger partial charge in [0.1, 0.15) is 0 Å². The molecule has 1 aromatic rings. The van der Waals surface area contributed by atoms with Crippen LogP contribution < -0.4 is 0 Å². The summed E-state index contributed by atoms with van der Waals surface area (Å²) in [7, 11) is 0. The third-order valence-electron chi connectivity index (χ3n) is 3.15. The third kappa shape index (κ3) is 2.60. The first-order valence-electron chi connectivity index (χ1n) is 6.06. The zero-order chi connectivity index (χ0) is 10.7. The summed E-state index contributed by atoms with van der Waals surface area (Å²) < 4.78 is 0. The molecule has 1 aliphatic rings. The molecule has 2 rings (SSSR count). The molecule has 1 aliphatic heterocycles. The Morgan fingerprint density at radius 3 is 2.67 bits per heavy atom. The van der Waals surface area contributed by atoms with E-state index < -0.39 is 0 Å². The molecule has 1 fully saturated rings. The van der Waals surface area contributed by atoms with E-state index in [0.29, 0.717) is 6.04 Å². The van der Waals surface area contributed by atoms with Crippen LogP contribution in [0.1, 0.15) is 38.3 Å². The Balaban J connectivity index is 2.08. The minimum absolute atomic E-state index is 0.675. The Labute approximate surface area is 93.1 Å². The van der Waals surface area contributed by atoms with Gasteiger partial charge in [0.2, 0.25) is 0 Å². The van der Waals surface area contributed by atoms with Crippen LogP contribution in [0.5, 0.6) is 0 Å². The summed E-state index contributed by atoms with van der Waals surface area (Å²) in [4.78, 5) is 2.64. The van der Waals surface area contributed by atoms with Crippen LogP contribution >= 0.6 is 0 Å². The van der Waals surface area contributed by atoms with Crippen molar-refractivity contribution >= 4 is 0 Å². The maximum absolute atomic E-state index is 2.64. The van der Waals surface area contributed by atoms with Gasteiger partial charge in [-0.15, -0.1) is 0 Å². The highest BCUT2D eigenvalue weighted by atomic mass is 15.2. The molecule has 1 heterocycles. The van der Waals surface area contributed by atoms with Crippen LogP contribution in [-0.4, -0.2) is 18.0 Å². The normalized spacial score (nSPS) is 22.5. The second kappa shape index (κ2) is 4.80. The molecule has 0 aliphatic carbocycles. The van der Waals surface area contributed by atoms with Gasteiger partial charge < -0.3 is 0 Å². The second-order valence-corrected chi connectivity index (χ2v) is 4.96. The van der Waals surface area contributed by atoms with Gasteiger partial charge >= 0.3 is 0 Å². The topological polar surface area (TPSA) is 3.24 Å². The fourth-order valence-electron chi connectivity index (χ4n) is 2.57. The lowest BCUT2D eigenvalue weighted by molar-refractivity contribution is 0.229. The Morgan fingerprint density at radius 1 is 1.27 bits per heavy atom. The lowest BCUT2D eigenvalue weighted by Crippen LogP contribution is -2.27. The average molecular weight is 203 g/mol. The molecule has 0 aromatic heterocycles. The Morgan fingerprint density at radius 2 is 2.00 bits per heavy atom. The van der Waals surface area contributed by atoms with E-state index in [0.717, 1.165) is 5.92 Å². The average Bonchev–Trinajstić information content (AvgIpc) is 2.66. The Hall–Kier alpha value is -0.820. The SMILES string of the molecule is CC(C)CN1CCCC1c1ccccc1. The first-order chi connectivity index (χ1) is 7.27. The van der Waals surface area contributed by atoms with Gasteiger partial charge in [0.15, 0.2) is 0 Å². The predicted octanol–water partition coefficient (Wildman–Crippen LogP) is 3.48. The van der Waals surface area contributed by atoms with Gasteiger partial charge in [0.25, 0.3) is 0 Å². The molecular weight excluding hydrogens is 182 g/mol. The zero-order valence-corrected chi connectivity index (χ0v) is 9.82. The molecule has 0 radical (unpaired) electrons. The molecular formula is C14H21N. The Bertz CT molecular complexity index is 291. The number of rotatable bonds is 3. The van der Waals surface area contributed by atoms with E-state index in [2.05, 4.69) is 49.1 Å². The van der Waals surface area contributed by atoms with Crippen LogP contribution in [0.4, 0.5) is 0 Å². The Kier molecular flexibility index (Phi) is 3.42. The summed E-state index contributed by atoms with van der Waals surface area (Å²) in [6.45, 7) is 7.12. The molecule has 0 amide bonds. The maximum atomic E-state index is 2.64. The summed E-state index contributed by atoms with van der Waals surface area (Å²) in [5.74, 6) is 0.773. The van der Waals surface area contributed by atoms with Crippen molar-refractivity contribution in [3.8, 4) is 0 Å². The quantitative estimate of drug-likeness (QED) is 0.727. The van der Waals surface area contributed by atoms with Gasteiger partial charge in [0, 0.05) is 12.6 Å². The molecule has 82 valence electrons. The largest absolute Gasteiger partial charge is 0.296 e. The lowest BCUT2D eigenvalue weighted by atomic mass is 10.0. The van der Waals surface area contributed by atoms with Gasteiger partial charge in [-0.25, -0.2) is 0 Å². The summed E-state index contributed by atoms with van der Waals surface area (Å²) in [6.07, 6.45) is 2.68. The molecule has 1 nitrogen and oxygen atoms in total. The van der Waals surface area contributed by atoms with Crippen molar-refractivity contribution < 1.29 is 0 Å². The fraction of sp³-hybridized carbons (Fsp3) is 0.571. The fourth-order valence-corrected chi connectivity index (χ4v) is 2.57. The van der Waals surface area contributed by atoms with Gasteiger partial charge in [0.05, 0.1) is 0 Å². The molecule has 0 saturated carbocycles. The van der Waals surface area contributed by atoms with Gasteiger partial charge in [-0.3, -0.25) is 4.90 Å². The monoisotopic (exact) mass is 203 g/mol. The molecule has 1 saturated heterocycles. The van der Waals surface area contributed by atoms with Gasteiger partial charge in [-0.1, -0.05) is 44.2 Å². The maximum Gasteiger partial charge on any atom is 0.0348 e. The summed E-state index contributed by atoms with van der Waals surface area (Å²) >= 11 is 0. The zero-order valence-electron chi connectivity index (χ0n) is 9.82. The predicted molar refractivity (Wildman–Crippen MR) is 64.8 cm³/mol. The van der Waals surface area contributed by atoms with Gasteiger partial charge in [-0.2, -0.15) is 0 Å². The van der Waals surface area contributed by atoms with Crippen molar-refractivity contribution in [3.63, 3.8) is 0 Å². The van der Waals surface area contributed by atoms with E-state index in [1.54, 1.807) is 0 Å². The molecule has 1 heteroatoms. The molecule has 0 spiro atoms. The first-order valence-corrected chi connectivity index (χ1v) is 6.06. The van der Waals surface area contributed by atoms with E-state index in [1.165, 1.54) is 31.5 Å².